The molecule has 0 aliphatic heterocycles. The average Bonchev–Trinajstić information content (AvgIpc) is 2.24. The van der Waals surface area contributed by atoms with Crippen LogP contribution in [0.2, 0.25) is 5.02 Å². The van der Waals surface area contributed by atoms with Crippen molar-refractivity contribution in [1.29, 1.82) is 0 Å². The van der Waals surface area contributed by atoms with E-state index in [0.29, 0.717) is 11.4 Å². The largest absolute Gasteiger partial charge is 0.313 e. The maximum absolute atomic E-state index is 11.1. The van der Waals surface area contributed by atoms with Crippen LogP contribution in [0.1, 0.15) is 24.4 Å². The van der Waals surface area contributed by atoms with E-state index in [1.54, 1.807) is 0 Å². The molecule has 1 atom stereocenters. The van der Waals surface area contributed by atoms with Gasteiger partial charge in [0.15, 0.2) is 0 Å². The summed E-state index contributed by atoms with van der Waals surface area (Å²) in [5.74, 6) is 0.208. The van der Waals surface area contributed by atoms with E-state index in [0.717, 1.165) is 16.5 Å². The number of nitrogens with one attached hydrogen (secondary N) is 1. The lowest BCUT2D eigenvalue weighted by Gasteiger charge is -2.18. The van der Waals surface area contributed by atoms with E-state index in [1.807, 2.05) is 25.2 Å². The molecule has 0 saturated carbocycles. The van der Waals surface area contributed by atoms with E-state index in [-0.39, 0.29) is 11.8 Å². The fraction of sp³-hybridized carbons (Fsp3) is 0.500. The Morgan fingerprint density at radius 3 is 2.61 bits per heavy atom. The number of sulfone groups is 1. The lowest BCUT2D eigenvalue weighted by Crippen LogP contribution is -2.18. The van der Waals surface area contributed by atoms with Crippen LogP contribution >= 0.6 is 27.5 Å². The van der Waals surface area contributed by atoms with Gasteiger partial charge in [-0.2, -0.15) is 0 Å². The standard InChI is InChI=1S/C12H17BrClNO2S/c1-15-12(4-3-7-18(2,16)17)10-6-5-9(13)8-11(10)14/h5-6,8,12,15H,3-4,7H2,1-2H3. The van der Waals surface area contributed by atoms with Crippen LogP contribution < -0.4 is 5.32 Å². The quantitative estimate of drug-likeness (QED) is 0.853. The first kappa shape index (κ1) is 16.0. The first-order valence-corrected chi connectivity index (χ1v) is 8.86. The van der Waals surface area contributed by atoms with Crippen LogP contribution in [0.15, 0.2) is 22.7 Å². The summed E-state index contributed by atoms with van der Waals surface area (Å²) in [6.45, 7) is 0. The molecule has 1 rings (SSSR count). The minimum absolute atomic E-state index is 0.0762. The van der Waals surface area contributed by atoms with E-state index < -0.39 is 9.84 Å². The molecule has 0 saturated heterocycles. The molecule has 1 aromatic rings. The van der Waals surface area contributed by atoms with Crippen molar-refractivity contribution in [2.45, 2.75) is 18.9 Å². The normalized spacial score (nSPS) is 13.6. The Bertz CT molecular complexity index is 505. The van der Waals surface area contributed by atoms with Crippen molar-refractivity contribution in [3.05, 3.63) is 33.3 Å². The first-order valence-electron chi connectivity index (χ1n) is 5.63. The van der Waals surface area contributed by atoms with Gasteiger partial charge in [-0.15, -0.1) is 0 Å². The fourth-order valence-electron chi connectivity index (χ4n) is 1.79. The topological polar surface area (TPSA) is 46.2 Å². The molecule has 18 heavy (non-hydrogen) atoms. The van der Waals surface area contributed by atoms with Gasteiger partial charge in [0.2, 0.25) is 0 Å². The van der Waals surface area contributed by atoms with Crippen molar-refractivity contribution < 1.29 is 8.42 Å². The number of benzene rings is 1. The van der Waals surface area contributed by atoms with Crippen LogP contribution in [-0.4, -0.2) is 27.5 Å². The molecule has 1 N–H and O–H groups in total. The third-order valence-electron chi connectivity index (χ3n) is 2.69. The van der Waals surface area contributed by atoms with Crippen molar-refractivity contribution in [2.24, 2.45) is 0 Å². The summed E-state index contributed by atoms with van der Waals surface area (Å²) in [6.07, 6.45) is 2.62. The Hall–Kier alpha value is -0.100. The van der Waals surface area contributed by atoms with Crippen LogP contribution in [0.5, 0.6) is 0 Å². The highest BCUT2D eigenvalue weighted by atomic mass is 79.9. The molecule has 0 radical (unpaired) electrons. The summed E-state index contributed by atoms with van der Waals surface area (Å²) < 4.78 is 23.1. The third-order valence-corrected chi connectivity index (χ3v) is 4.55. The summed E-state index contributed by atoms with van der Waals surface area (Å²) in [5, 5.41) is 3.85. The van der Waals surface area contributed by atoms with Crippen LogP contribution in [0.4, 0.5) is 0 Å². The Morgan fingerprint density at radius 2 is 2.11 bits per heavy atom. The van der Waals surface area contributed by atoms with Gasteiger partial charge in [0.1, 0.15) is 9.84 Å². The van der Waals surface area contributed by atoms with Gasteiger partial charge < -0.3 is 5.32 Å². The van der Waals surface area contributed by atoms with E-state index in [4.69, 9.17) is 11.6 Å². The maximum atomic E-state index is 11.1. The summed E-state index contributed by atoms with van der Waals surface area (Å²) in [5.41, 5.74) is 0.996. The second kappa shape index (κ2) is 6.89. The van der Waals surface area contributed by atoms with E-state index in [9.17, 15) is 8.42 Å². The highest BCUT2D eigenvalue weighted by Gasteiger charge is 2.14. The highest BCUT2D eigenvalue weighted by Crippen LogP contribution is 2.28. The van der Waals surface area contributed by atoms with Gasteiger partial charge in [-0.25, -0.2) is 8.42 Å². The molecular formula is C12H17BrClNO2S. The average molecular weight is 355 g/mol. The molecule has 0 heterocycles. The third kappa shape index (κ3) is 5.26. The Kier molecular flexibility index (Phi) is 6.11. The van der Waals surface area contributed by atoms with Crippen LogP contribution in [0.3, 0.4) is 0 Å². The zero-order valence-corrected chi connectivity index (χ0v) is 13.6. The molecular weight excluding hydrogens is 338 g/mol. The molecule has 0 aliphatic carbocycles. The van der Waals surface area contributed by atoms with Crippen molar-refractivity contribution in [1.82, 2.24) is 5.32 Å². The van der Waals surface area contributed by atoms with Crippen molar-refractivity contribution >= 4 is 37.4 Å². The highest BCUT2D eigenvalue weighted by molar-refractivity contribution is 9.10. The van der Waals surface area contributed by atoms with Gasteiger partial charge in [0, 0.05) is 27.5 Å². The Balaban J connectivity index is 2.71. The number of rotatable bonds is 6. The van der Waals surface area contributed by atoms with Gasteiger partial charge in [-0.3, -0.25) is 0 Å². The van der Waals surface area contributed by atoms with Crippen LogP contribution in [-0.2, 0) is 9.84 Å². The molecule has 6 heteroatoms. The summed E-state index contributed by atoms with van der Waals surface area (Å²) in [4.78, 5) is 0. The second-order valence-electron chi connectivity index (χ2n) is 4.28. The lowest BCUT2D eigenvalue weighted by atomic mass is 10.0. The van der Waals surface area contributed by atoms with Crippen molar-refractivity contribution in [3.63, 3.8) is 0 Å². The molecule has 0 fully saturated rings. The molecule has 0 aromatic heterocycles. The van der Waals surface area contributed by atoms with Crippen molar-refractivity contribution in [2.75, 3.05) is 19.1 Å². The summed E-state index contributed by atoms with van der Waals surface area (Å²) >= 11 is 9.55. The van der Waals surface area contributed by atoms with Gasteiger partial charge in [-0.05, 0) is 37.6 Å². The molecule has 0 amide bonds. The predicted octanol–water partition coefficient (Wildman–Crippen LogP) is 3.19. The first-order chi connectivity index (χ1) is 8.33. The molecule has 102 valence electrons. The van der Waals surface area contributed by atoms with E-state index in [2.05, 4.69) is 21.2 Å². The molecule has 0 bridgehead atoms. The van der Waals surface area contributed by atoms with Crippen LogP contribution in [0.25, 0.3) is 0 Å². The van der Waals surface area contributed by atoms with Gasteiger partial charge >= 0.3 is 0 Å². The maximum Gasteiger partial charge on any atom is 0.147 e. The smallest absolute Gasteiger partial charge is 0.147 e. The predicted molar refractivity (Wildman–Crippen MR) is 79.9 cm³/mol. The zero-order valence-electron chi connectivity index (χ0n) is 10.4. The molecule has 3 nitrogen and oxygen atoms in total. The Labute approximate surface area is 122 Å². The lowest BCUT2D eigenvalue weighted by molar-refractivity contribution is 0.536. The minimum atomic E-state index is -2.90. The number of halogens is 2. The van der Waals surface area contributed by atoms with Crippen LogP contribution in [0, 0.1) is 0 Å². The van der Waals surface area contributed by atoms with Crippen molar-refractivity contribution in [3.8, 4) is 0 Å². The summed E-state index contributed by atoms with van der Waals surface area (Å²) in [7, 11) is -1.04. The van der Waals surface area contributed by atoms with Gasteiger partial charge in [0.05, 0.1) is 0 Å². The molecule has 1 aromatic carbocycles. The zero-order chi connectivity index (χ0) is 13.8. The van der Waals surface area contributed by atoms with Gasteiger partial charge in [0.25, 0.3) is 0 Å². The molecule has 1 unspecified atom stereocenters. The molecule has 0 spiro atoms. The second-order valence-corrected chi connectivity index (χ2v) is 7.86. The van der Waals surface area contributed by atoms with Gasteiger partial charge in [-0.1, -0.05) is 33.6 Å². The summed E-state index contributed by atoms with van der Waals surface area (Å²) in [6, 6.07) is 5.81. The molecule has 0 aliphatic rings. The number of hydrogen-bond acceptors (Lipinski definition) is 3. The number of hydrogen-bond donors (Lipinski definition) is 1. The van der Waals surface area contributed by atoms with E-state index >= 15 is 0 Å². The monoisotopic (exact) mass is 353 g/mol. The fourth-order valence-corrected chi connectivity index (χ4v) is 3.29. The minimum Gasteiger partial charge on any atom is -0.313 e. The Morgan fingerprint density at radius 1 is 1.44 bits per heavy atom. The SMILES string of the molecule is CNC(CCCS(C)(=O)=O)c1ccc(Br)cc1Cl. The van der Waals surface area contributed by atoms with E-state index in [1.165, 1.54) is 6.26 Å².